The number of hydrogen-bond donors (Lipinski definition) is 1. The summed E-state index contributed by atoms with van der Waals surface area (Å²) in [7, 11) is 0. The van der Waals surface area contributed by atoms with Crippen LogP contribution in [0.5, 0.6) is 0 Å². The van der Waals surface area contributed by atoms with Crippen molar-refractivity contribution in [3.05, 3.63) is 41.2 Å². The smallest absolute Gasteiger partial charge is 0.303 e. The minimum absolute atomic E-state index is 0.135. The molecule has 0 radical (unpaired) electrons. The van der Waals surface area contributed by atoms with E-state index in [4.69, 9.17) is 5.11 Å². The van der Waals surface area contributed by atoms with Crippen molar-refractivity contribution in [1.29, 1.82) is 0 Å². The molecule has 2 heterocycles. The second kappa shape index (κ2) is 6.65. The van der Waals surface area contributed by atoms with Gasteiger partial charge in [0.2, 0.25) is 0 Å². The number of aliphatic carboxylic acids is 1. The molecule has 0 atom stereocenters. The quantitative estimate of drug-likeness (QED) is 0.860. The van der Waals surface area contributed by atoms with E-state index in [0.717, 1.165) is 25.3 Å². The summed E-state index contributed by atoms with van der Waals surface area (Å²) in [5, 5.41) is 20.5. The van der Waals surface area contributed by atoms with Gasteiger partial charge >= 0.3 is 5.97 Å². The van der Waals surface area contributed by atoms with Crippen LogP contribution in [0.3, 0.4) is 0 Å². The molecule has 0 aliphatic carbocycles. The molecule has 1 N–H and O–H groups in total. The van der Waals surface area contributed by atoms with E-state index in [1.165, 1.54) is 11.1 Å². The lowest BCUT2D eigenvalue weighted by atomic mass is 10.00. The highest BCUT2D eigenvalue weighted by Crippen LogP contribution is 2.19. The summed E-state index contributed by atoms with van der Waals surface area (Å²) in [6.07, 6.45) is 1.71. The average Bonchev–Trinajstić information content (AvgIpc) is 2.94. The van der Waals surface area contributed by atoms with Crippen LogP contribution in [0.25, 0.3) is 0 Å². The van der Waals surface area contributed by atoms with E-state index in [9.17, 15) is 4.79 Å². The number of aromatic nitrogens is 4. The first kappa shape index (κ1) is 14.6. The van der Waals surface area contributed by atoms with Crippen LogP contribution in [0.2, 0.25) is 0 Å². The zero-order valence-corrected chi connectivity index (χ0v) is 12.4. The zero-order valence-electron chi connectivity index (χ0n) is 12.4. The molecule has 0 saturated heterocycles. The SMILES string of the molecule is O=C(O)CCCn1nnnc1CN1CCc2ccccc2C1. The Morgan fingerprint density at radius 2 is 2.09 bits per heavy atom. The van der Waals surface area contributed by atoms with Crippen LogP contribution in [-0.2, 0) is 30.8 Å². The van der Waals surface area contributed by atoms with E-state index in [0.29, 0.717) is 19.5 Å². The number of nitrogens with zero attached hydrogens (tertiary/aromatic N) is 5. The standard InChI is InChI=1S/C15H19N5O2/c21-15(22)6-3-8-20-14(16-17-18-20)11-19-9-7-12-4-1-2-5-13(12)10-19/h1-2,4-5H,3,6-11H2,(H,21,22). The molecule has 0 amide bonds. The summed E-state index contributed by atoms with van der Waals surface area (Å²) in [5.74, 6) is 0.00651. The summed E-state index contributed by atoms with van der Waals surface area (Å²) < 4.78 is 1.71. The lowest BCUT2D eigenvalue weighted by Crippen LogP contribution is -2.31. The summed E-state index contributed by atoms with van der Waals surface area (Å²) in [5.41, 5.74) is 2.78. The van der Waals surface area contributed by atoms with Crippen molar-refractivity contribution < 1.29 is 9.90 Å². The Bertz CT molecular complexity index is 655. The number of benzene rings is 1. The van der Waals surface area contributed by atoms with Gasteiger partial charge < -0.3 is 5.11 Å². The largest absolute Gasteiger partial charge is 0.481 e. The van der Waals surface area contributed by atoms with Gasteiger partial charge in [-0.15, -0.1) is 5.10 Å². The maximum absolute atomic E-state index is 10.6. The van der Waals surface area contributed by atoms with Crippen LogP contribution >= 0.6 is 0 Å². The molecular formula is C15H19N5O2. The molecule has 0 saturated carbocycles. The first-order chi connectivity index (χ1) is 10.7. The van der Waals surface area contributed by atoms with Gasteiger partial charge in [-0.2, -0.15) is 0 Å². The van der Waals surface area contributed by atoms with Gasteiger partial charge in [0.15, 0.2) is 5.82 Å². The maximum Gasteiger partial charge on any atom is 0.303 e. The Labute approximate surface area is 128 Å². The van der Waals surface area contributed by atoms with E-state index in [1.807, 2.05) is 0 Å². The average molecular weight is 301 g/mol. The molecular weight excluding hydrogens is 282 g/mol. The Hall–Kier alpha value is -2.28. The molecule has 0 bridgehead atoms. The van der Waals surface area contributed by atoms with Crippen LogP contribution in [0.1, 0.15) is 29.8 Å². The number of aryl methyl sites for hydroxylation is 1. The Morgan fingerprint density at radius 3 is 2.91 bits per heavy atom. The van der Waals surface area contributed by atoms with Gasteiger partial charge in [0, 0.05) is 26.1 Å². The van der Waals surface area contributed by atoms with E-state index >= 15 is 0 Å². The summed E-state index contributed by atoms with van der Waals surface area (Å²) >= 11 is 0. The highest BCUT2D eigenvalue weighted by atomic mass is 16.4. The molecule has 0 fully saturated rings. The number of carbonyl (C=O) groups is 1. The Morgan fingerprint density at radius 1 is 1.27 bits per heavy atom. The second-order valence-electron chi connectivity index (χ2n) is 5.54. The summed E-state index contributed by atoms with van der Waals surface area (Å²) in [4.78, 5) is 12.9. The summed E-state index contributed by atoms with van der Waals surface area (Å²) in [6.45, 7) is 3.12. The molecule has 0 spiro atoms. The fourth-order valence-electron chi connectivity index (χ4n) is 2.78. The van der Waals surface area contributed by atoms with Crippen molar-refractivity contribution in [2.24, 2.45) is 0 Å². The molecule has 1 aromatic carbocycles. The Balaban J connectivity index is 1.60. The van der Waals surface area contributed by atoms with Crippen molar-refractivity contribution in [1.82, 2.24) is 25.1 Å². The minimum atomic E-state index is -0.790. The van der Waals surface area contributed by atoms with Crippen molar-refractivity contribution in [3.63, 3.8) is 0 Å². The molecule has 7 nitrogen and oxygen atoms in total. The number of fused-ring (bicyclic) bond motifs is 1. The first-order valence-electron chi connectivity index (χ1n) is 7.48. The molecule has 7 heteroatoms. The predicted octanol–water partition coefficient (Wildman–Crippen LogP) is 1.10. The number of hydrogen-bond acceptors (Lipinski definition) is 5. The van der Waals surface area contributed by atoms with Crippen LogP contribution in [0, 0.1) is 0 Å². The molecule has 1 aliphatic rings. The van der Waals surface area contributed by atoms with Gasteiger partial charge in [-0.25, -0.2) is 4.68 Å². The normalized spacial score (nSPS) is 14.7. The first-order valence-corrected chi connectivity index (χ1v) is 7.48. The highest BCUT2D eigenvalue weighted by molar-refractivity contribution is 5.66. The minimum Gasteiger partial charge on any atom is -0.481 e. The molecule has 116 valence electrons. The number of rotatable bonds is 6. The summed E-state index contributed by atoms with van der Waals surface area (Å²) in [6, 6.07) is 8.50. The molecule has 22 heavy (non-hydrogen) atoms. The fraction of sp³-hybridized carbons (Fsp3) is 0.467. The molecule has 0 unspecified atom stereocenters. The Kier molecular flexibility index (Phi) is 4.43. The number of carboxylic acids is 1. The third-order valence-corrected chi connectivity index (χ3v) is 3.94. The lowest BCUT2D eigenvalue weighted by Gasteiger charge is -2.28. The van der Waals surface area contributed by atoms with Gasteiger partial charge in [-0.1, -0.05) is 24.3 Å². The van der Waals surface area contributed by atoms with E-state index in [1.54, 1.807) is 4.68 Å². The molecule has 1 aliphatic heterocycles. The predicted molar refractivity (Wildman–Crippen MR) is 78.9 cm³/mol. The topological polar surface area (TPSA) is 84.1 Å². The van der Waals surface area contributed by atoms with E-state index < -0.39 is 5.97 Å². The van der Waals surface area contributed by atoms with Crippen LogP contribution in [0.15, 0.2) is 24.3 Å². The number of carboxylic acid groups (broad SMARTS) is 1. The third kappa shape index (κ3) is 3.48. The van der Waals surface area contributed by atoms with Gasteiger partial charge in [-0.05, 0) is 34.4 Å². The molecule has 1 aromatic heterocycles. The molecule has 3 rings (SSSR count). The van der Waals surface area contributed by atoms with Crippen LogP contribution < -0.4 is 0 Å². The van der Waals surface area contributed by atoms with Gasteiger partial charge in [-0.3, -0.25) is 9.69 Å². The van der Waals surface area contributed by atoms with Gasteiger partial charge in [0.05, 0.1) is 6.54 Å². The fourth-order valence-corrected chi connectivity index (χ4v) is 2.78. The van der Waals surface area contributed by atoms with Crippen LogP contribution in [0.4, 0.5) is 0 Å². The monoisotopic (exact) mass is 301 g/mol. The van der Waals surface area contributed by atoms with E-state index in [-0.39, 0.29) is 6.42 Å². The van der Waals surface area contributed by atoms with Crippen molar-refractivity contribution >= 4 is 5.97 Å². The van der Waals surface area contributed by atoms with E-state index in [2.05, 4.69) is 44.7 Å². The zero-order chi connectivity index (χ0) is 15.4. The lowest BCUT2D eigenvalue weighted by molar-refractivity contribution is -0.137. The van der Waals surface area contributed by atoms with Gasteiger partial charge in [0.1, 0.15) is 0 Å². The second-order valence-corrected chi connectivity index (χ2v) is 5.54. The highest BCUT2D eigenvalue weighted by Gasteiger charge is 2.18. The van der Waals surface area contributed by atoms with Crippen molar-refractivity contribution in [3.8, 4) is 0 Å². The van der Waals surface area contributed by atoms with Crippen molar-refractivity contribution in [2.75, 3.05) is 6.54 Å². The third-order valence-electron chi connectivity index (χ3n) is 3.94. The van der Waals surface area contributed by atoms with Gasteiger partial charge in [0.25, 0.3) is 0 Å². The number of tetrazole rings is 1. The maximum atomic E-state index is 10.6. The van der Waals surface area contributed by atoms with Crippen molar-refractivity contribution in [2.45, 2.75) is 38.9 Å². The molecule has 2 aromatic rings. The van der Waals surface area contributed by atoms with Crippen LogP contribution in [-0.4, -0.2) is 42.7 Å².